The maximum Gasteiger partial charge on any atom is 0.410 e. The molecular weight excluding hydrogens is 300 g/mol. The maximum atomic E-state index is 12.2. The molecule has 1 rings (SSSR count). The first-order valence-electron chi connectivity index (χ1n) is 7.96. The van der Waals surface area contributed by atoms with E-state index >= 15 is 0 Å². The molecule has 1 unspecified atom stereocenters. The Hall–Kier alpha value is -1.50. The number of rotatable bonds is 2. The van der Waals surface area contributed by atoms with E-state index in [0.29, 0.717) is 19.4 Å². The van der Waals surface area contributed by atoms with Crippen LogP contribution in [0.15, 0.2) is 0 Å². The predicted molar refractivity (Wildman–Crippen MR) is 86.2 cm³/mol. The number of amides is 2. The number of piperidine rings is 1. The predicted octanol–water partition coefficient (Wildman–Crippen LogP) is 2.27. The standard InChI is InChI=1S/C16H30N2O5/c1-14(2,3)22-12(20)17-16(11-19)8-7-9-18(10-16)13(21)23-15(4,5)6/h19H,7-11H2,1-6H3,(H,17,20). The van der Waals surface area contributed by atoms with Gasteiger partial charge in [0, 0.05) is 13.1 Å². The van der Waals surface area contributed by atoms with Crippen LogP contribution in [0.5, 0.6) is 0 Å². The van der Waals surface area contributed by atoms with Crippen molar-refractivity contribution in [1.82, 2.24) is 10.2 Å². The van der Waals surface area contributed by atoms with Crippen molar-refractivity contribution < 1.29 is 24.2 Å². The highest BCUT2D eigenvalue weighted by Crippen LogP contribution is 2.23. The van der Waals surface area contributed by atoms with E-state index in [4.69, 9.17) is 9.47 Å². The zero-order valence-electron chi connectivity index (χ0n) is 15.1. The Bertz CT molecular complexity index is 439. The third-order valence-corrected chi connectivity index (χ3v) is 3.30. The van der Waals surface area contributed by atoms with Gasteiger partial charge in [0.25, 0.3) is 0 Å². The molecule has 1 atom stereocenters. The lowest BCUT2D eigenvalue weighted by molar-refractivity contribution is -0.00238. The molecule has 0 aromatic heterocycles. The number of nitrogens with one attached hydrogen (secondary N) is 1. The van der Waals surface area contributed by atoms with Gasteiger partial charge in [-0.05, 0) is 54.4 Å². The molecule has 0 aromatic rings. The maximum absolute atomic E-state index is 12.2. The van der Waals surface area contributed by atoms with E-state index in [1.54, 1.807) is 41.5 Å². The third kappa shape index (κ3) is 6.64. The van der Waals surface area contributed by atoms with E-state index in [-0.39, 0.29) is 13.2 Å². The van der Waals surface area contributed by atoms with Crippen LogP contribution in [0.2, 0.25) is 0 Å². The van der Waals surface area contributed by atoms with Crippen molar-refractivity contribution in [2.75, 3.05) is 19.7 Å². The van der Waals surface area contributed by atoms with Crippen molar-refractivity contribution in [1.29, 1.82) is 0 Å². The summed E-state index contributed by atoms with van der Waals surface area (Å²) >= 11 is 0. The fraction of sp³-hybridized carbons (Fsp3) is 0.875. The molecule has 7 nitrogen and oxygen atoms in total. The second-order valence-electron chi connectivity index (χ2n) is 8.07. The first-order chi connectivity index (χ1) is 10.4. The van der Waals surface area contributed by atoms with Crippen LogP contribution in [-0.4, -0.2) is 58.6 Å². The van der Waals surface area contributed by atoms with Crippen LogP contribution in [0.4, 0.5) is 9.59 Å². The van der Waals surface area contributed by atoms with Crippen molar-refractivity contribution in [3.8, 4) is 0 Å². The lowest BCUT2D eigenvalue weighted by Crippen LogP contribution is -2.62. The zero-order chi connectivity index (χ0) is 17.9. The van der Waals surface area contributed by atoms with Crippen LogP contribution in [0.1, 0.15) is 54.4 Å². The smallest absolute Gasteiger partial charge is 0.410 e. The Kier molecular flexibility index (Phi) is 5.90. The normalized spacial score (nSPS) is 22.5. The fourth-order valence-electron chi connectivity index (χ4n) is 2.40. The van der Waals surface area contributed by atoms with Gasteiger partial charge in [0.2, 0.25) is 0 Å². The van der Waals surface area contributed by atoms with Gasteiger partial charge in [0.05, 0.1) is 12.1 Å². The summed E-state index contributed by atoms with van der Waals surface area (Å²) in [5.74, 6) is 0. The van der Waals surface area contributed by atoms with E-state index in [2.05, 4.69) is 5.32 Å². The molecule has 134 valence electrons. The monoisotopic (exact) mass is 330 g/mol. The summed E-state index contributed by atoms with van der Waals surface area (Å²) in [4.78, 5) is 25.7. The number of likely N-dealkylation sites (tertiary alicyclic amines) is 1. The fourth-order valence-corrected chi connectivity index (χ4v) is 2.40. The number of hydrogen-bond donors (Lipinski definition) is 2. The van der Waals surface area contributed by atoms with Gasteiger partial charge < -0.3 is 24.8 Å². The summed E-state index contributed by atoms with van der Waals surface area (Å²) in [6.45, 7) is 11.2. The average molecular weight is 330 g/mol. The summed E-state index contributed by atoms with van der Waals surface area (Å²) in [6.07, 6.45) is 0.191. The highest BCUT2D eigenvalue weighted by atomic mass is 16.6. The van der Waals surface area contributed by atoms with Crippen molar-refractivity contribution in [2.24, 2.45) is 0 Å². The summed E-state index contributed by atoms with van der Waals surface area (Å²) < 4.78 is 10.6. The highest BCUT2D eigenvalue weighted by Gasteiger charge is 2.40. The summed E-state index contributed by atoms with van der Waals surface area (Å²) in [7, 11) is 0. The first kappa shape index (κ1) is 19.5. The number of hydrogen-bond acceptors (Lipinski definition) is 5. The molecule has 23 heavy (non-hydrogen) atoms. The molecule has 0 bridgehead atoms. The highest BCUT2D eigenvalue weighted by molar-refractivity contribution is 5.70. The van der Waals surface area contributed by atoms with Gasteiger partial charge in [-0.3, -0.25) is 0 Å². The minimum absolute atomic E-state index is 0.192. The van der Waals surface area contributed by atoms with E-state index in [1.165, 1.54) is 4.90 Å². The van der Waals surface area contributed by atoms with Gasteiger partial charge in [-0.1, -0.05) is 0 Å². The Morgan fingerprint density at radius 2 is 1.70 bits per heavy atom. The quantitative estimate of drug-likeness (QED) is 0.811. The molecule has 1 aliphatic rings. The van der Waals surface area contributed by atoms with Crippen LogP contribution in [0.3, 0.4) is 0 Å². The van der Waals surface area contributed by atoms with Crippen molar-refractivity contribution >= 4 is 12.2 Å². The molecule has 1 fully saturated rings. The molecule has 0 saturated carbocycles. The van der Waals surface area contributed by atoms with Gasteiger partial charge in [0.15, 0.2) is 0 Å². The summed E-state index contributed by atoms with van der Waals surface area (Å²) in [5.41, 5.74) is -2.12. The molecule has 7 heteroatoms. The number of aliphatic hydroxyl groups is 1. The molecule has 1 heterocycles. The van der Waals surface area contributed by atoms with Gasteiger partial charge in [0.1, 0.15) is 11.2 Å². The second kappa shape index (κ2) is 6.95. The Morgan fingerprint density at radius 3 is 2.17 bits per heavy atom. The van der Waals surface area contributed by atoms with E-state index < -0.39 is 28.9 Å². The molecule has 1 aliphatic heterocycles. The van der Waals surface area contributed by atoms with Crippen LogP contribution in [0, 0.1) is 0 Å². The number of ether oxygens (including phenoxy) is 2. The zero-order valence-corrected chi connectivity index (χ0v) is 15.1. The van der Waals surface area contributed by atoms with Gasteiger partial charge in [-0.15, -0.1) is 0 Å². The van der Waals surface area contributed by atoms with E-state index in [0.717, 1.165) is 0 Å². The van der Waals surface area contributed by atoms with Crippen LogP contribution in [0.25, 0.3) is 0 Å². The number of nitrogens with zero attached hydrogens (tertiary/aromatic N) is 1. The van der Waals surface area contributed by atoms with Crippen molar-refractivity contribution in [2.45, 2.75) is 71.1 Å². The third-order valence-electron chi connectivity index (χ3n) is 3.30. The van der Waals surface area contributed by atoms with E-state index in [1.807, 2.05) is 0 Å². The Balaban J connectivity index is 2.75. The van der Waals surface area contributed by atoms with Crippen molar-refractivity contribution in [3.63, 3.8) is 0 Å². The lowest BCUT2D eigenvalue weighted by atomic mass is 9.90. The van der Waals surface area contributed by atoms with Crippen LogP contribution in [-0.2, 0) is 9.47 Å². The van der Waals surface area contributed by atoms with Gasteiger partial charge in [-0.2, -0.15) is 0 Å². The molecule has 0 spiro atoms. The van der Waals surface area contributed by atoms with Gasteiger partial charge >= 0.3 is 12.2 Å². The minimum atomic E-state index is -0.905. The molecule has 2 amide bonds. The number of carbonyl (C=O) groups excluding carboxylic acids is 2. The van der Waals surface area contributed by atoms with Crippen LogP contribution >= 0.6 is 0 Å². The molecule has 0 aliphatic carbocycles. The first-order valence-corrected chi connectivity index (χ1v) is 7.96. The topological polar surface area (TPSA) is 88.1 Å². The Labute approximate surface area is 138 Å². The average Bonchev–Trinajstić information content (AvgIpc) is 2.34. The lowest BCUT2D eigenvalue weighted by Gasteiger charge is -2.42. The molecule has 0 aromatic carbocycles. The SMILES string of the molecule is CC(C)(C)OC(=O)NC1(CO)CCCN(C(=O)OC(C)(C)C)C1. The summed E-state index contributed by atoms with van der Waals surface area (Å²) in [5, 5.41) is 12.5. The molecule has 2 N–H and O–H groups in total. The number of alkyl carbamates (subject to hydrolysis) is 1. The summed E-state index contributed by atoms with van der Waals surface area (Å²) in [6, 6.07) is 0. The number of carbonyl (C=O) groups is 2. The van der Waals surface area contributed by atoms with Crippen molar-refractivity contribution in [3.05, 3.63) is 0 Å². The molecular formula is C16H30N2O5. The van der Waals surface area contributed by atoms with Gasteiger partial charge in [-0.25, -0.2) is 9.59 Å². The Morgan fingerprint density at radius 1 is 1.13 bits per heavy atom. The second-order valence-corrected chi connectivity index (χ2v) is 8.07. The largest absolute Gasteiger partial charge is 0.444 e. The number of aliphatic hydroxyl groups excluding tert-OH is 1. The molecule has 0 radical (unpaired) electrons. The molecule has 1 saturated heterocycles. The minimum Gasteiger partial charge on any atom is -0.444 e. The van der Waals surface area contributed by atoms with E-state index in [9.17, 15) is 14.7 Å². The van der Waals surface area contributed by atoms with Crippen LogP contribution < -0.4 is 5.32 Å².